The van der Waals surface area contributed by atoms with Crippen molar-refractivity contribution in [1.82, 2.24) is 0 Å². The molecule has 0 fully saturated rings. The van der Waals surface area contributed by atoms with E-state index in [4.69, 9.17) is 4.42 Å². The lowest BCUT2D eigenvalue weighted by atomic mass is 9.93. The van der Waals surface area contributed by atoms with Crippen LogP contribution in [0.25, 0.3) is 0 Å². The van der Waals surface area contributed by atoms with Crippen LogP contribution in [0.5, 0.6) is 0 Å². The van der Waals surface area contributed by atoms with Gasteiger partial charge < -0.3 is 9.73 Å². The summed E-state index contributed by atoms with van der Waals surface area (Å²) in [5.41, 5.74) is 0.138. The van der Waals surface area contributed by atoms with Crippen LogP contribution in [0.1, 0.15) is 26.5 Å². The van der Waals surface area contributed by atoms with E-state index in [0.717, 1.165) is 0 Å². The van der Waals surface area contributed by atoms with E-state index in [2.05, 4.69) is 5.32 Å². The summed E-state index contributed by atoms with van der Waals surface area (Å²) < 4.78 is 18.5. The van der Waals surface area contributed by atoms with Gasteiger partial charge in [-0.1, -0.05) is 20.8 Å². The van der Waals surface area contributed by atoms with Crippen molar-refractivity contribution in [3.8, 4) is 0 Å². The molecule has 0 unspecified atom stereocenters. The molecular formula is C9H14FNO. The Hall–Kier alpha value is -0.990. The Labute approximate surface area is 71.8 Å². The first-order valence-electron chi connectivity index (χ1n) is 3.92. The topological polar surface area (TPSA) is 25.2 Å². The largest absolute Gasteiger partial charge is 0.463 e. The second-order valence-corrected chi connectivity index (χ2v) is 3.79. The van der Waals surface area contributed by atoms with E-state index in [0.29, 0.717) is 11.4 Å². The summed E-state index contributed by atoms with van der Waals surface area (Å²) in [5.74, 6) is 0.108. The molecule has 3 heteroatoms. The molecule has 0 amide bonds. The van der Waals surface area contributed by atoms with Crippen LogP contribution >= 0.6 is 0 Å². The van der Waals surface area contributed by atoms with Crippen molar-refractivity contribution in [2.75, 3.05) is 12.4 Å². The Morgan fingerprint density at radius 3 is 2.25 bits per heavy atom. The minimum absolute atomic E-state index is 0.279. The van der Waals surface area contributed by atoms with Crippen molar-refractivity contribution >= 4 is 5.69 Å². The van der Waals surface area contributed by atoms with E-state index in [1.807, 2.05) is 20.8 Å². The van der Waals surface area contributed by atoms with Crippen molar-refractivity contribution in [2.24, 2.45) is 0 Å². The van der Waals surface area contributed by atoms with Gasteiger partial charge in [-0.05, 0) is 0 Å². The lowest BCUT2D eigenvalue weighted by Crippen LogP contribution is -2.11. The molecule has 68 valence electrons. The predicted molar refractivity (Wildman–Crippen MR) is 46.9 cm³/mol. The van der Waals surface area contributed by atoms with Crippen LogP contribution in [0.2, 0.25) is 0 Å². The van der Waals surface area contributed by atoms with Crippen molar-refractivity contribution in [3.05, 3.63) is 17.8 Å². The maximum atomic E-state index is 13.4. The van der Waals surface area contributed by atoms with Crippen molar-refractivity contribution in [3.63, 3.8) is 0 Å². The lowest BCUT2D eigenvalue weighted by molar-refractivity contribution is 0.381. The fourth-order valence-electron chi connectivity index (χ4n) is 1.02. The molecule has 2 nitrogen and oxygen atoms in total. The number of halogens is 1. The first-order valence-corrected chi connectivity index (χ1v) is 3.92. The average Bonchev–Trinajstić information content (AvgIpc) is 2.29. The molecule has 0 aliphatic heterocycles. The van der Waals surface area contributed by atoms with Gasteiger partial charge in [0.25, 0.3) is 0 Å². The number of anilines is 1. The SMILES string of the molecule is CNc1coc(C(C)(C)C)c1F. The van der Waals surface area contributed by atoms with Gasteiger partial charge in [-0.2, -0.15) is 0 Å². The van der Waals surface area contributed by atoms with Crippen molar-refractivity contribution in [2.45, 2.75) is 26.2 Å². The van der Waals surface area contributed by atoms with E-state index in [1.54, 1.807) is 7.05 Å². The number of hydrogen-bond acceptors (Lipinski definition) is 2. The summed E-state index contributed by atoms with van der Waals surface area (Å²) in [6, 6.07) is 0. The molecule has 0 atom stereocenters. The fraction of sp³-hybridized carbons (Fsp3) is 0.556. The minimum Gasteiger partial charge on any atom is -0.463 e. The summed E-state index contributed by atoms with van der Waals surface area (Å²) in [6.45, 7) is 5.73. The molecule has 0 bridgehead atoms. The van der Waals surface area contributed by atoms with E-state index < -0.39 is 0 Å². The van der Waals surface area contributed by atoms with Crippen LogP contribution in [0.3, 0.4) is 0 Å². The summed E-state index contributed by atoms with van der Waals surface area (Å²) in [6.07, 6.45) is 1.40. The zero-order valence-electron chi connectivity index (χ0n) is 7.86. The van der Waals surface area contributed by atoms with Crippen molar-refractivity contribution < 1.29 is 8.81 Å². The van der Waals surface area contributed by atoms with Crippen LogP contribution in [-0.2, 0) is 5.41 Å². The lowest BCUT2D eigenvalue weighted by Gasteiger charge is -2.14. The molecule has 1 N–H and O–H groups in total. The molecule has 1 rings (SSSR count). The second kappa shape index (κ2) is 2.81. The van der Waals surface area contributed by atoms with Gasteiger partial charge in [-0.3, -0.25) is 0 Å². The van der Waals surface area contributed by atoms with Crippen LogP contribution < -0.4 is 5.32 Å². The predicted octanol–water partition coefficient (Wildman–Crippen LogP) is 2.76. The molecule has 1 heterocycles. The molecule has 0 aliphatic carbocycles. The maximum Gasteiger partial charge on any atom is 0.188 e. The van der Waals surface area contributed by atoms with Gasteiger partial charge in [0.1, 0.15) is 17.7 Å². The smallest absolute Gasteiger partial charge is 0.188 e. The van der Waals surface area contributed by atoms with E-state index in [9.17, 15) is 4.39 Å². The van der Waals surface area contributed by atoms with Gasteiger partial charge in [0, 0.05) is 12.5 Å². The molecule has 0 saturated heterocycles. The third-order valence-corrected chi connectivity index (χ3v) is 1.68. The van der Waals surface area contributed by atoms with Gasteiger partial charge in [0.2, 0.25) is 0 Å². The number of nitrogens with one attached hydrogen (secondary N) is 1. The van der Waals surface area contributed by atoms with Crippen LogP contribution in [0.4, 0.5) is 10.1 Å². The normalized spacial score (nSPS) is 11.8. The highest BCUT2D eigenvalue weighted by Crippen LogP contribution is 2.30. The third-order valence-electron chi connectivity index (χ3n) is 1.68. The van der Waals surface area contributed by atoms with Crippen molar-refractivity contribution in [1.29, 1.82) is 0 Å². The molecule has 1 aromatic rings. The highest BCUT2D eigenvalue weighted by Gasteiger charge is 2.24. The standard InChI is InChI=1S/C9H14FNO/c1-9(2,3)8-7(10)6(11-4)5-12-8/h5,11H,1-4H3. The molecule has 1 aromatic heterocycles. The average molecular weight is 171 g/mol. The molecule has 0 saturated carbocycles. The molecule has 12 heavy (non-hydrogen) atoms. The number of hydrogen-bond donors (Lipinski definition) is 1. The third kappa shape index (κ3) is 1.44. The van der Waals surface area contributed by atoms with E-state index in [-0.39, 0.29) is 11.2 Å². The van der Waals surface area contributed by atoms with Crippen LogP contribution in [0, 0.1) is 5.82 Å². The Balaban J connectivity index is 3.11. The Morgan fingerprint density at radius 1 is 1.42 bits per heavy atom. The quantitative estimate of drug-likeness (QED) is 0.702. The molecule has 0 aromatic carbocycles. The monoisotopic (exact) mass is 171 g/mol. The number of rotatable bonds is 1. The molecule has 0 radical (unpaired) electrons. The highest BCUT2D eigenvalue weighted by molar-refractivity contribution is 5.44. The Morgan fingerprint density at radius 2 is 2.00 bits per heavy atom. The van der Waals surface area contributed by atoms with Crippen LogP contribution in [0.15, 0.2) is 10.7 Å². The molecule has 0 spiro atoms. The second-order valence-electron chi connectivity index (χ2n) is 3.79. The number of furan rings is 1. The maximum absolute atomic E-state index is 13.4. The first kappa shape index (κ1) is 9.10. The Bertz CT molecular complexity index is 273. The summed E-state index contributed by atoms with van der Waals surface area (Å²) in [5, 5.41) is 2.72. The first-order chi connectivity index (χ1) is 5.46. The summed E-state index contributed by atoms with van der Waals surface area (Å²) in [7, 11) is 1.67. The van der Waals surface area contributed by atoms with Crippen LogP contribution in [-0.4, -0.2) is 7.05 Å². The molecule has 0 aliphatic rings. The summed E-state index contributed by atoms with van der Waals surface area (Å²) in [4.78, 5) is 0. The van der Waals surface area contributed by atoms with E-state index in [1.165, 1.54) is 6.26 Å². The minimum atomic E-state index is -0.287. The van der Waals surface area contributed by atoms with Gasteiger partial charge in [0.05, 0.1) is 0 Å². The summed E-state index contributed by atoms with van der Waals surface area (Å²) >= 11 is 0. The molecular weight excluding hydrogens is 157 g/mol. The Kier molecular flexibility index (Phi) is 2.13. The van der Waals surface area contributed by atoms with Gasteiger partial charge in [-0.15, -0.1) is 0 Å². The highest BCUT2D eigenvalue weighted by atomic mass is 19.1. The zero-order valence-corrected chi connectivity index (χ0v) is 7.86. The van der Waals surface area contributed by atoms with Gasteiger partial charge in [-0.25, -0.2) is 4.39 Å². The van der Waals surface area contributed by atoms with E-state index >= 15 is 0 Å². The van der Waals surface area contributed by atoms with Gasteiger partial charge >= 0.3 is 0 Å². The zero-order chi connectivity index (χ0) is 9.35. The van der Waals surface area contributed by atoms with Gasteiger partial charge in [0.15, 0.2) is 5.82 Å². The fourth-order valence-corrected chi connectivity index (χ4v) is 1.02.